The number of carbonyl (C=O) groups is 1. The summed E-state index contributed by atoms with van der Waals surface area (Å²) in [4.78, 5) is 12.3. The zero-order valence-electron chi connectivity index (χ0n) is 10.8. The van der Waals surface area contributed by atoms with E-state index in [-0.39, 0.29) is 5.92 Å². The number of hydrogen-bond donors (Lipinski definition) is 2. The number of carboxylic acid groups (broad SMARTS) is 1. The first-order valence-corrected chi connectivity index (χ1v) is 7.54. The molecule has 4 heteroatoms. The molecule has 18 heavy (non-hydrogen) atoms. The second kappa shape index (κ2) is 6.34. The van der Waals surface area contributed by atoms with Crippen LogP contribution in [0.5, 0.6) is 0 Å². The molecule has 100 valence electrons. The minimum atomic E-state index is -0.623. The van der Waals surface area contributed by atoms with Gasteiger partial charge in [0.2, 0.25) is 0 Å². The number of carboxylic acids is 1. The van der Waals surface area contributed by atoms with E-state index in [1.54, 1.807) is 0 Å². The largest absolute Gasteiger partial charge is 0.481 e. The molecule has 1 saturated carbocycles. The third-order valence-corrected chi connectivity index (χ3v) is 4.91. The predicted octanol–water partition coefficient (Wildman–Crippen LogP) is 2.83. The third-order valence-electron chi connectivity index (χ3n) is 3.83. The molecule has 1 aromatic heterocycles. The molecule has 2 rings (SSSR count). The molecule has 0 aliphatic heterocycles. The summed E-state index contributed by atoms with van der Waals surface area (Å²) in [5.74, 6) is -0.731. The first-order chi connectivity index (χ1) is 8.66. The summed E-state index contributed by atoms with van der Waals surface area (Å²) >= 11 is 1.82. The lowest BCUT2D eigenvalue weighted by atomic mass is 9.86. The Morgan fingerprint density at radius 3 is 2.72 bits per heavy atom. The number of nitrogens with one attached hydrogen (secondary N) is 1. The highest BCUT2D eigenvalue weighted by atomic mass is 32.1. The van der Waals surface area contributed by atoms with E-state index >= 15 is 0 Å². The van der Waals surface area contributed by atoms with Crippen LogP contribution in [-0.2, 0) is 11.2 Å². The molecule has 1 fully saturated rings. The minimum Gasteiger partial charge on any atom is -0.481 e. The number of rotatable bonds is 5. The van der Waals surface area contributed by atoms with E-state index in [0.717, 1.165) is 38.6 Å². The molecule has 0 spiro atoms. The second-order valence-electron chi connectivity index (χ2n) is 5.12. The number of hydrogen-bond acceptors (Lipinski definition) is 3. The van der Waals surface area contributed by atoms with Gasteiger partial charge in [-0.2, -0.15) is 0 Å². The SMILES string of the molecule is Cc1ccsc1CCNC1CCC(C(=O)O)CC1. The highest BCUT2D eigenvalue weighted by Crippen LogP contribution is 2.24. The summed E-state index contributed by atoms with van der Waals surface area (Å²) in [5, 5.41) is 14.6. The van der Waals surface area contributed by atoms with Crippen LogP contribution >= 0.6 is 11.3 Å². The standard InChI is InChI=1S/C14H21NO2S/c1-10-7-9-18-13(10)6-8-15-12-4-2-11(3-5-12)14(16)17/h7,9,11-12,15H,2-6,8H2,1H3,(H,16,17). The van der Waals surface area contributed by atoms with Crippen molar-refractivity contribution in [1.82, 2.24) is 5.32 Å². The van der Waals surface area contributed by atoms with E-state index in [1.165, 1.54) is 10.4 Å². The van der Waals surface area contributed by atoms with Gasteiger partial charge in [-0.25, -0.2) is 0 Å². The van der Waals surface area contributed by atoms with Crippen molar-refractivity contribution in [2.24, 2.45) is 5.92 Å². The van der Waals surface area contributed by atoms with Crippen molar-refractivity contribution in [3.8, 4) is 0 Å². The summed E-state index contributed by atoms with van der Waals surface area (Å²) in [7, 11) is 0. The molecule has 0 saturated heterocycles. The van der Waals surface area contributed by atoms with Gasteiger partial charge < -0.3 is 10.4 Å². The zero-order valence-corrected chi connectivity index (χ0v) is 11.6. The summed E-state index contributed by atoms with van der Waals surface area (Å²) < 4.78 is 0. The maximum absolute atomic E-state index is 10.8. The maximum Gasteiger partial charge on any atom is 0.306 e. The minimum absolute atomic E-state index is 0.109. The number of aliphatic carboxylic acids is 1. The van der Waals surface area contributed by atoms with Gasteiger partial charge in [0.25, 0.3) is 0 Å². The Balaban J connectivity index is 1.67. The molecule has 1 aliphatic rings. The van der Waals surface area contributed by atoms with Crippen LogP contribution in [0.1, 0.15) is 36.1 Å². The van der Waals surface area contributed by atoms with Crippen LogP contribution in [0.25, 0.3) is 0 Å². The van der Waals surface area contributed by atoms with Gasteiger partial charge in [0.15, 0.2) is 0 Å². The normalized spacial score (nSPS) is 24.1. The molecule has 1 aromatic rings. The Morgan fingerprint density at radius 2 is 2.17 bits per heavy atom. The molecular formula is C14H21NO2S. The van der Waals surface area contributed by atoms with E-state index in [2.05, 4.69) is 23.7 Å². The third kappa shape index (κ3) is 3.56. The zero-order chi connectivity index (χ0) is 13.0. The van der Waals surface area contributed by atoms with Crippen molar-refractivity contribution >= 4 is 17.3 Å². The number of aryl methyl sites for hydroxylation is 1. The lowest BCUT2D eigenvalue weighted by molar-refractivity contribution is -0.142. The van der Waals surface area contributed by atoms with Gasteiger partial charge in [-0.15, -0.1) is 11.3 Å². The van der Waals surface area contributed by atoms with Crippen LogP contribution in [0.2, 0.25) is 0 Å². The van der Waals surface area contributed by atoms with Crippen molar-refractivity contribution in [1.29, 1.82) is 0 Å². The fourth-order valence-corrected chi connectivity index (χ4v) is 3.50. The van der Waals surface area contributed by atoms with E-state index in [1.807, 2.05) is 11.3 Å². The van der Waals surface area contributed by atoms with Gasteiger partial charge in [-0.05, 0) is 56.0 Å². The quantitative estimate of drug-likeness (QED) is 0.862. The van der Waals surface area contributed by atoms with Gasteiger partial charge in [0.1, 0.15) is 0 Å². The molecule has 2 N–H and O–H groups in total. The van der Waals surface area contributed by atoms with Crippen LogP contribution < -0.4 is 5.32 Å². The lowest BCUT2D eigenvalue weighted by Gasteiger charge is -2.26. The molecule has 0 amide bonds. The predicted molar refractivity (Wildman–Crippen MR) is 74.1 cm³/mol. The Hall–Kier alpha value is -0.870. The van der Waals surface area contributed by atoms with E-state index in [4.69, 9.17) is 5.11 Å². The van der Waals surface area contributed by atoms with Crippen LogP contribution in [0.3, 0.4) is 0 Å². The van der Waals surface area contributed by atoms with Gasteiger partial charge in [0, 0.05) is 17.5 Å². The fourth-order valence-electron chi connectivity index (χ4n) is 2.59. The van der Waals surface area contributed by atoms with Gasteiger partial charge in [0.05, 0.1) is 5.92 Å². The Kier molecular flexibility index (Phi) is 4.78. The smallest absolute Gasteiger partial charge is 0.306 e. The summed E-state index contributed by atoms with van der Waals surface area (Å²) in [6.45, 7) is 3.16. The van der Waals surface area contributed by atoms with Crippen molar-refractivity contribution in [2.45, 2.75) is 45.1 Å². The van der Waals surface area contributed by atoms with Crippen LogP contribution in [0.15, 0.2) is 11.4 Å². The Labute approximate surface area is 112 Å². The molecule has 0 aromatic carbocycles. The summed E-state index contributed by atoms with van der Waals surface area (Å²) in [6, 6.07) is 2.68. The maximum atomic E-state index is 10.8. The molecule has 0 bridgehead atoms. The molecule has 3 nitrogen and oxygen atoms in total. The van der Waals surface area contributed by atoms with Crippen LogP contribution in [0, 0.1) is 12.8 Å². The first kappa shape index (κ1) is 13.6. The Morgan fingerprint density at radius 1 is 1.44 bits per heavy atom. The summed E-state index contributed by atoms with van der Waals surface area (Å²) in [5.41, 5.74) is 1.39. The highest BCUT2D eigenvalue weighted by Gasteiger charge is 2.25. The molecule has 0 unspecified atom stereocenters. The van der Waals surface area contributed by atoms with Crippen molar-refractivity contribution in [2.75, 3.05) is 6.54 Å². The van der Waals surface area contributed by atoms with E-state index in [0.29, 0.717) is 6.04 Å². The molecule has 1 aliphatic carbocycles. The highest BCUT2D eigenvalue weighted by molar-refractivity contribution is 7.10. The number of thiophene rings is 1. The molecular weight excluding hydrogens is 246 g/mol. The second-order valence-corrected chi connectivity index (χ2v) is 6.12. The molecule has 1 heterocycles. The van der Waals surface area contributed by atoms with Crippen molar-refractivity contribution in [3.63, 3.8) is 0 Å². The van der Waals surface area contributed by atoms with E-state index < -0.39 is 5.97 Å². The van der Waals surface area contributed by atoms with E-state index in [9.17, 15) is 4.79 Å². The van der Waals surface area contributed by atoms with Gasteiger partial charge in [-0.1, -0.05) is 0 Å². The Bertz CT molecular complexity index is 394. The fraction of sp³-hybridized carbons (Fsp3) is 0.643. The van der Waals surface area contributed by atoms with Crippen LogP contribution in [0.4, 0.5) is 0 Å². The topological polar surface area (TPSA) is 49.3 Å². The first-order valence-electron chi connectivity index (χ1n) is 6.66. The average Bonchev–Trinajstić information content (AvgIpc) is 2.76. The van der Waals surface area contributed by atoms with Gasteiger partial charge >= 0.3 is 5.97 Å². The molecule has 0 atom stereocenters. The van der Waals surface area contributed by atoms with Crippen LogP contribution in [-0.4, -0.2) is 23.7 Å². The monoisotopic (exact) mass is 267 g/mol. The summed E-state index contributed by atoms with van der Waals surface area (Å²) in [6.07, 6.45) is 4.74. The average molecular weight is 267 g/mol. The molecule has 0 radical (unpaired) electrons. The van der Waals surface area contributed by atoms with Gasteiger partial charge in [-0.3, -0.25) is 4.79 Å². The van der Waals surface area contributed by atoms with Crippen molar-refractivity contribution < 1.29 is 9.90 Å². The lowest BCUT2D eigenvalue weighted by Crippen LogP contribution is -2.35. The van der Waals surface area contributed by atoms with Crippen molar-refractivity contribution in [3.05, 3.63) is 21.9 Å².